The number of benzene rings is 1. The van der Waals surface area contributed by atoms with Crippen LogP contribution >= 0.6 is 0 Å². The van der Waals surface area contributed by atoms with Gasteiger partial charge in [0.05, 0.1) is 0 Å². The van der Waals surface area contributed by atoms with E-state index in [4.69, 9.17) is 10.2 Å². The molecule has 0 aliphatic rings. The number of anilines is 1. The normalized spacial score (nSPS) is 11.6. The molecule has 4 nitrogen and oxygen atoms in total. The molecule has 0 spiro atoms. The van der Waals surface area contributed by atoms with Gasteiger partial charge in [-0.1, -0.05) is 32.9 Å². The second-order valence-corrected chi connectivity index (χ2v) is 4.70. The lowest BCUT2D eigenvalue weighted by molar-refractivity contribution is -0.123. The van der Waals surface area contributed by atoms with Crippen LogP contribution in [0.5, 0.6) is 0 Å². The first-order chi connectivity index (χ1) is 7.30. The van der Waals surface area contributed by atoms with Gasteiger partial charge in [0.15, 0.2) is 6.29 Å². The van der Waals surface area contributed by atoms with Crippen molar-refractivity contribution in [2.45, 2.75) is 27.1 Å². The molecule has 3 N–H and O–H groups in total. The summed E-state index contributed by atoms with van der Waals surface area (Å²) < 4.78 is 0. The van der Waals surface area contributed by atoms with Crippen LogP contribution in [0, 0.1) is 5.41 Å². The third-order valence-corrected chi connectivity index (χ3v) is 2.15. The van der Waals surface area contributed by atoms with Gasteiger partial charge in [0, 0.05) is 16.7 Å². The van der Waals surface area contributed by atoms with Crippen LogP contribution in [0.2, 0.25) is 0 Å². The van der Waals surface area contributed by atoms with Crippen LogP contribution in [0.15, 0.2) is 24.3 Å². The Kier molecular flexibility index (Phi) is 3.67. The highest BCUT2D eigenvalue weighted by Crippen LogP contribution is 2.19. The molecular formula is C12H17NO3. The fourth-order valence-electron chi connectivity index (χ4n) is 1.06. The summed E-state index contributed by atoms with van der Waals surface area (Å²) >= 11 is 0. The number of hydrogen-bond donors (Lipinski definition) is 3. The molecule has 0 aromatic heterocycles. The smallest absolute Gasteiger partial charge is 0.229 e. The van der Waals surface area contributed by atoms with Crippen LogP contribution in [0.4, 0.5) is 5.69 Å². The van der Waals surface area contributed by atoms with Gasteiger partial charge in [-0.3, -0.25) is 4.79 Å². The number of rotatable bonds is 2. The summed E-state index contributed by atoms with van der Waals surface area (Å²) in [4.78, 5) is 11.6. The third kappa shape index (κ3) is 3.32. The van der Waals surface area contributed by atoms with Gasteiger partial charge in [-0.05, 0) is 12.1 Å². The zero-order valence-electron chi connectivity index (χ0n) is 9.69. The minimum absolute atomic E-state index is 0.0789. The van der Waals surface area contributed by atoms with E-state index in [1.807, 2.05) is 20.8 Å². The standard InChI is InChI=1S/C12H17NO3/c1-12(2,3)11(16)13-9-6-4-8(5-7-9)10(14)15/h4-7,10,14-15H,1-3H3,(H,13,16). The molecule has 0 unspecified atom stereocenters. The Morgan fingerprint density at radius 1 is 1.19 bits per heavy atom. The van der Waals surface area contributed by atoms with Crippen LogP contribution in [-0.4, -0.2) is 16.1 Å². The van der Waals surface area contributed by atoms with E-state index in [1.54, 1.807) is 24.3 Å². The van der Waals surface area contributed by atoms with Crippen molar-refractivity contribution in [1.82, 2.24) is 0 Å². The first kappa shape index (κ1) is 12.7. The molecule has 0 bridgehead atoms. The van der Waals surface area contributed by atoms with Crippen LogP contribution < -0.4 is 5.32 Å². The lowest BCUT2D eigenvalue weighted by atomic mass is 9.95. The van der Waals surface area contributed by atoms with E-state index < -0.39 is 11.7 Å². The Hall–Kier alpha value is -1.39. The number of aliphatic hydroxyl groups excluding tert-OH is 1. The molecule has 16 heavy (non-hydrogen) atoms. The highest BCUT2D eigenvalue weighted by Gasteiger charge is 2.21. The van der Waals surface area contributed by atoms with Crippen molar-refractivity contribution in [3.8, 4) is 0 Å². The Morgan fingerprint density at radius 2 is 1.69 bits per heavy atom. The number of nitrogens with one attached hydrogen (secondary N) is 1. The fraction of sp³-hybridized carbons (Fsp3) is 0.417. The Morgan fingerprint density at radius 3 is 2.06 bits per heavy atom. The average Bonchev–Trinajstić information content (AvgIpc) is 2.17. The SMILES string of the molecule is CC(C)(C)C(=O)Nc1ccc(C(O)O)cc1. The van der Waals surface area contributed by atoms with Crippen LogP contribution in [-0.2, 0) is 4.79 Å². The van der Waals surface area contributed by atoms with Crippen molar-refractivity contribution < 1.29 is 15.0 Å². The van der Waals surface area contributed by atoms with Crippen molar-refractivity contribution >= 4 is 11.6 Å². The Bertz CT molecular complexity index is 363. The van der Waals surface area contributed by atoms with Crippen LogP contribution in [0.1, 0.15) is 32.6 Å². The molecule has 1 aromatic carbocycles. The van der Waals surface area contributed by atoms with E-state index in [0.29, 0.717) is 11.3 Å². The number of carbonyl (C=O) groups is 1. The summed E-state index contributed by atoms with van der Waals surface area (Å²) in [5.74, 6) is -0.0789. The van der Waals surface area contributed by atoms with Crippen molar-refractivity contribution in [3.05, 3.63) is 29.8 Å². The molecule has 0 fully saturated rings. The van der Waals surface area contributed by atoms with Gasteiger partial charge in [-0.25, -0.2) is 0 Å². The predicted molar refractivity (Wildman–Crippen MR) is 61.7 cm³/mol. The summed E-state index contributed by atoms with van der Waals surface area (Å²) in [5, 5.41) is 20.5. The summed E-state index contributed by atoms with van der Waals surface area (Å²) in [6.07, 6.45) is -1.48. The average molecular weight is 223 g/mol. The van der Waals surface area contributed by atoms with Gasteiger partial charge in [0.1, 0.15) is 0 Å². The van der Waals surface area contributed by atoms with Gasteiger partial charge >= 0.3 is 0 Å². The van der Waals surface area contributed by atoms with Crippen molar-refractivity contribution in [2.24, 2.45) is 5.41 Å². The van der Waals surface area contributed by atoms with Crippen molar-refractivity contribution in [2.75, 3.05) is 5.32 Å². The van der Waals surface area contributed by atoms with Crippen LogP contribution in [0.3, 0.4) is 0 Å². The summed E-state index contributed by atoms with van der Waals surface area (Å²) in [6, 6.07) is 6.39. The van der Waals surface area contributed by atoms with Gasteiger partial charge in [-0.2, -0.15) is 0 Å². The lowest BCUT2D eigenvalue weighted by Crippen LogP contribution is -2.27. The predicted octanol–water partition coefficient (Wildman–Crippen LogP) is 1.65. The highest BCUT2D eigenvalue weighted by molar-refractivity contribution is 5.94. The molecule has 0 atom stereocenters. The summed E-state index contributed by atoms with van der Waals surface area (Å²) in [7, 11) is 0. The van der Waals surface area contributed by atoms with Gasteiger partial charge in [-0.15, -0.1) is 0 Å². The summed E-state index contributed by atoms with van der Waals surface area (Å²) in [5.41, 5.74) is 0.591. The molecule has 0 aliphatic heterocycles. The van der Waals surface area contributed by atoms with Crippen LogP contribution in [0.25, 0.3) is 0 Å². The van der Waals surface area contributed by atoms with E-state index in [1.165, 1.54) is 0 Å². The zero-order valence-corrected chi connectivity index (χ0v) is 9.69. The molecule has 0 saturated carbocycles. The summed E-state index contributed by atoms with van der Waals surface area (Å²) in [6.45, 7) is 5.48. The number of amides is 1. The monoisotopic (exact) mass is 223 g/mol. The molecule has 4 heteroatoms. The fourth-order valence-corrected chi connectivity index (χ4v) is 1.06. The molecule has 1 amide bonds. The maximum absolute atomic E-state index is 11.6. The molecule has 0 aliphatic carbocycles. The van der Waals surface area contributed by atoms with Gasteiger partial charge < -0.3 is 15.5 Å². The second kappa shape index (κ2) is 4.63. The molecule has 1 rings (SSSR count). The van der Waals surface area contributed by atoms with E-state index in [9.17, 15) is 4.79 Å². The van der Waals surface area contributed by atoms with Gasteiger partial charge in [0.2, 0.25) is 5.91 Å². The van der Waals surface area contributed by atoms with Gasteiger partial charge in [0.25, 0.3) is 0 Å². The zero-order chi connectivity index (χ0) is 12.3. The molecule has 0 radical (unpaired) electrons. The first-order valence-corrected chi connectivity index (χ1v) is 5.08. The van der Waals surface area contributed by atoms with E-state index >= 15 is 0 Å². The maximum atomic E-state index is 11.6. The molecule has 0 heterocycles. The van der Waals surface area contributed by atoms with Crippen molar-refractivity contribution in [3.63, 3.8) is 0 Å². The number of carbonyl (C=O) groups excluding carboxylic acids is 1. The van der Waals surface area contributed by atoms with E-state index in [-0.39, 0.29) is 5.91 Å². The van der Waals surface area contributed by atoms with Crippen molar-refractivity contribution in [1.29, 1.82) is 0 Å². The Labute approximate surface area is 94.9 Å². The highest BCUT2D eigenvalue weighted by atomic mass is 16.5. The molecule has 0 saturated heterocycles. The number of aliphatic hydroxyl groups is 2. The van der Waals surface area contributed by atoms with E-state index in [0.717, 1.165) is 0 Å². The first-order valence-electron chi connectivity index (χ1n) is 5.08. The quantitative estimate of drug-likeness (QED) is 0.668. The third-order valence-electron chi connectivity index (χ3n) is 2.15. The molecular weight excluding hydrogens is 206 g/mol. The minimum atomic E-state index is -1.48. The topological polar surface area (TPSA) is 69.6 Å². The second-order valence-electron chi connectivity index (χ2n) is 4.70. The minimum Gasteiger partial charge on any atom is -0.364 e. The largest absolute Gasteiger partial charge is 0.364 e. The molecule has 1 aromatic rings. The molecule has 88 valence electrons. The Balaban J connectivity index is 2.73. The number of hydrogen-bond acceptors (Lipinski definition) is 3. The maximum Gasteiger partial charge on any atom is 0.229 e. The lowest BCUT2D eigenvalue weighted by Gasteiger charge is -2.17. The van der Waals surface area contributed by atoms with E-state index in [2.05, 4.69) is 5.32 Å².